The SMILES string of the molecule is CC(=CF)C(CNCc1ccccc1)CNC(=O)OC(C)(C)C. The van der Waals surface area contributed by atoms with Crippen molar-refractivity contribution in [2.24, 2.45) is 5.92 Å². The first-order valence-corrected chi connectivity index (χ1v) is 7.80. The summed E-state index contributed by atoms with van der Waals surface area (Å²) in [6.07, 6.45) is 0.100. The molecular formula is C18H27FN2O2. The summed E-state index contributed by atoms with van der Waals surface area (Å²) in [6, 6.07) is 9.97. The highest BCUT2D eigenvalue weighted by Crippen LogP contribution is 2.11. The molecule has 0 saturated heterocycles. The fourth-order valence-electron chi connectivity index (χ4n) is 1.99. The van der Waals surface area contributed by atoms with Gasteiger partial charge >= 0.3 is 6.09 Å². The van der Waals surface area contributed by atoms with Crippen molar-refractivity contribution in [1.29, 1.82) is 0 Å². The predicted octanol–water partition coefficient (Wildman–Crippen LogP) is 3.79. The number of carbonyl (C=O) groups is 1. The van der Waals surface area contributed by atoms with Crippen molar-refractivity contribution in [3.63, 3.8) is 0 Å². The highest BCUT2D eigenvalue weighted by Gasteiger charge is 2.18. The van der Waals surface area contributed by atoms with Crippen molar-refractivity contribution in [2.45, 2.75) is 39.8 Å². The number of ether oxygens (including phenoxy) is 1. The van der Waals surface area contributed by atoms with Gasteiger partial charge in [-0.05, 0) is 38.8 Å². The van der Waals surface area contributed by atoms with Crippen LogP contribution in [0.25, 0.3) is 0 Å². The Labute approximate surface area is 138 Å². The average molecular weight is 322 g/mol. The molecule has 0 fully saturated rings. The third-order valence-electron chi connectivity index (χ3n) is 3.27. The van der Waals surface area contributed by atoms with Crippen molar-refractivity contribution in [3.05, 3.63) is 47.8 Å². The fraction of sp³-hybridized carbons (Fsp3) is 0.500. The third kappa shape index (κ3) is 8.35. The zero-order valence-corrected chi connectivity index (χ0v) is 14.4. The summed E-state index contributed by atoms with van der Waals surface area (Å²) in [6.45, 7) is 8.71. The molecular weight excluding hydrogens is 295 g/mol. The average Bonchev–Trinajstić information content (AvgIpc) is 2.49. The first-order chi connectivity index (χ1) is 10.8. The van der Waals surface area contributed by atoms with Gasteiger partial charge in [0.05, 0.1) is 6.33 Å². The van der Waals surface area contributed by atoms with Gasteiger partial charge in [-0.2, -0.15) is 0 Å². The first kappa shape index (κ1) is 19.2. The van der Waals surface area contributed by atoms with Crippen LogP contribution < -0.4 is 10.6 Å². The standard InChI is InChI=1S/C18H27FN2O2/c1-14(10-19)16(13-21-17(22)23-18(2,3)4)12-20-11-15-8-6-5-7-9-15/h5-10,16,20H,11-13H2,1-4H3,(H,21,22). The van der Waals surface area contributed by atoms with Crippen molar-refractivity contribution >= 4 is 6.09 Å². The van der Waals surface area contributed by atoms with Crippen LogP contribution in [-0.4, -0.2) is 24.8 Å². The number of halogens is 1. The Morgan fingerprint density at radius 3 is 2.48 bits per heavy atom. The van der Waals surface area contributed by atoms with E-state index in [0.717, 1.165) is 5.56 Å². The molecule has 0 radical (unpaired) electrons. The van der Waals surface area contributed by atoms with Gasteiger partial charge in [0, 0.05) is 25.6 Å². The Bertz CT molecular complexity index is 510. The zero-order valence-electron chi connectivity index (χ0n) is 14.4. The van der Waals surface area contributed by atoms with Gasteiger partial charge in [-0.3, -0.25) is 0 Å². The van der Waals surface area contributed by atoms with Crippen molar-refractivity contribution in [1.82, 2.24) is 10.6 Å². The summed E-state index contributed by atoms with van der Waals surface area (Å²) < 4.78 is 18.0. The molecule has 1 unspecified atom stereocenters. The largest absolute Gasteiger partial charge is 0.444 e. The van der Waals surface area contributed by atoms with E-state index < -0.39 is 11.7 Å². The zero-order chi connectivity index (χ0) is 17.3. The minimum Gasteiger partial charge on any atom is -0.444 e. The lowest BCUT2D eigenvalue weighted by Crippen LogP contribution is -2.38. The summed E-state index contributed by atoms with van der Waals surface area (Å²) in [5, 5.41) is 5.98. The summed E-state index contributed by atoms with van der Waals surface area (Å²) in [4.78, 5) is 11.7. The molecule has 1 atom stereocenters. The molecule has 0 aliphatic rings. The second-order valence-electron chi connectivity index (χ2n) is 6.55. The van der Waals surface area contributed by atoms with E-state index in [-0.39, 0.29) is 5.92 Å². The number of nitrogens with one attached hydrogen (secondary N) is 2. The van der Waals surface area contributed by atoms with E-state index >= 15 is 0 Å². The van der Waals surface area contributed by atoms with Crippen LogP contribution in [0.15, 0.2) is 42.2 Å². The van der Waals surface area contributed by atoms with Gasteiger partial charge in [0.15, 0.2) is 0 Å². The minimum atomic E-state index is -0.546. The van der Waals surface area contributed by atoms with E-state index in [2.05, 4.69) is 10.6 Å². The highest BCUT2D eigenvalue weighted by molar-refractivity contribution is 5.67. The van der Waals surface area contributed by atoms with Crippen LogP contribution >= 0.6 is 0 Å². The molecule has 23 heavy (non-hydrogen) atoms. The molecule has 0 saturated carbocycles. The predicted molar refractivity (Wildman–Crippen MR) is 90.7 cm³/mol. The number of rotatable bonds is 7. The molecule has 5 heteroatoms. The molecule has 0 spiro atoms. The topological polar surface area (TPSA) is 50.4 Å². The summed E-state index contributed by atoms with van der Waals surface area (Å²) in [5.74, 6) is -0.128. The fourth-order valence-corrected chi connectivity index (χ4v) is 1.99. The van der Waals surface area contributed by atoms with Crippen LogP contribution in [0.1, 0.15) is 33.3 Å². The Morgan fingerprint density at radius 1 is 1.26 bits per heavy atom. The number of hydrogen-bond donors (Lipinski definition) is 2. The molecule has 0 bridgehead atoms. The normalized spacial score (nSPS) is 13.5. The van der Waals surface area contributed by atoms with Gasteiger partial charge in [0.2, 0.25) is 0 Å². The molecule has 1 amide bonds. The van der Waals surface area contributed by atoms with Crippen LogP contribution in [-0.2, 0) is 11.3 Å². The quantitative estimate of drug-likeness (QED) is 0.803. The second kappa shape index (κ2) is 9.30. The number of hydrogen-bond acceptors (Lipinski definition) is 3. The maximum atomic E-state index is 12.8. The monoisotopic (exact) mass is 322 g/mol. The number of alkyl carbamates (subject to hydrolysis) is 1. The van der Waals surface area contributed by atoms with Crippen LogP contribution in [0.5, 0.6) is 0 Å². The number of carbonyl (C=O) groups excluding carboxylic acids is 1. The van der Waals surface area contributed by atoms with Crippen LogP contribution in [0.3, 0.4) is 0 Å². The Balaban J connectivity index is 2.45. The van der Waals surface area contributed by atoms with Gasteiger partial charge in [-0.15, -0.1) is 0 Å². The van der Waals surface area contributed by atoms with E-state index in [0.29, 0.717) is 31.5 Å². The van der Waals surface area contributed by atoms with E-state index in [1.165, 1.54) is 0 Å². The van der Waals surface area contributed by atoms with Crippen LogP contribution in [0, 0.1) is 5.92 Å². The van der Waals surface area contributed by atoms with Gasteiger partial charge in [-0.25, -0.2) is 9.18 Å². The Morgan fingerprint density at radius 2 is 1.91 bits per heavy atom. The van der Waals surface area contributed by atoms with Crippen molar-refractivity contribution < 1.29 is 13.9 Å². The molecule has 4 nitrogen and oxygen atoms in total. The molecule has 0 heterocycles. The molecule has 0 aliphatic carbocycles. The summed E-state index contributed by atoms with van der Waals surface area (Å²) in [5.41, 5.74) is 1.20. The van der Waals surface area contributed by atoms with E-state index in [9.17, 15) is 9.18 Å². The van der Waals surface area contributed by atoms with Gasteiger partial charge in [-0.1, -0.05) is 30.3 Å². The molecule has 2 N–H and O–H groups in total. The number of benzene rings is 1. The Hall–Kier alpha value is -1.88. The maximum Gasteiger partial charge on any atom is 0.407 e. The van der Waals surface area contributed by atoms with Crippen molar-refractivity contribution in [3.8, 4) is 0 Å². The van der Waals surface area contributed by atoms with Crippen LogP contribution in [0.4, 0.5) is 9.18 Å². The van der Waals surface area contributed by atoms with E-state index in [4.69, 9.17) is 4.74 Å². The maximum absolute atomic E-state index is 12.8. The van der Waals surface area contributed by atoms with Gasteiger partial charge < -0.3 is 15.4 Å². The molecule has 0 aliphatic heterocycles. The molecule has 1 aromatic carbocycles. The lowest BCUT2D eigenvalue weighted by Gasteiger charge is -2.22. The number of amides is 1. The summed E-state index contributed by atoms with van der Waals surface area (Å²) >= 11 is 0. The molecule has 1 rings (SSSR count). The molecule has 0 aromatic heterocycles. The first-order valence-electron chi connectivity index (χ1n) is 7.80. The van der Waals surface area contributed by atoms with E-state index in [1.54, 1.807) is 27.7 Å². The van der Waals surface area contributed by atoms with Gasteiger partial charge in [0.1, 0.15) is 5.60 Å². The second-order valence-corrected chi connectivity index (χ2v) is 6.55. The molecule has 1 aromatic rings. The summed E-state index contributed by atoms with van der Waals surface area (Å²) in [7, 11) is 0. The lowest BCUT2D eigenvalue weighted by molar-refractivity contribution is 0.0521. The van der Waals surface area contributed by atoms with Gasteiger partial charge in [0.25, 0.3) is 0 Å². The van der Waals surface area contributed by atoms with Crippen molar-refractivity contribution in [2.75, 3.05) is 13.1 Å². The Kier molecular flexibility index (Phi) is 7.75. The van der Waals surface area contributed by atoms with E-state index in [1.807, 2.05) is 30.3 Å². The van der Waals surface area contributed by atoms with Crippen LogP contribution in [0.2, 0.25) is 0 Å². The lowest BCUT2D eigenvalue weighted by atomic mass is 10.0. The third-order valence-corrected chi connectivity index (χ3v) is 3.27. The highest BCUT2D eigenvalue weighted by atomic mass is 19.1. The molecule has 128 valence electrons. The minimum absolute atomic E-state index is 0.128. The smallest absolute Gasteiger partial charge is 0.407 e.